The Morgan fingerprint density at radius 2 is 1.81 bits per heavy atom. The van der Waals surface area contributed by atoms with E-state index in [-0.39, 0.29) is 5.75 Å². The van der Waals surface area contributed by atoms with Crippen LogP contribution in [0.5, 0.6) is 5.75 Å². The van der Waals surface area contributed by atoms with Crippen LogP contribution in [0.15, 0.2) is 17.0 Å². The van der Waals surface area contributed by atoms with Gasteiger partial charge >= 0.3 is 0 Å². The van der Waals surface area contributed by atoms with Crippen LogP contribution >= 0.6 is 12.6 Å². The van der Waals surface area contributed by atoms with E-state index >= 15 is 0 Å². The summed E-state index contributed by atoms with van der Waals surface area (Å²) in [6.45, 7) is 4.26. The Bertz CT molecular complexity index is 334. The van der Waals surface area contributed by atoms with Crippen molar-refractivity contribution < 1.29 is 5.11 Å². The Kier molecular flexibility index (Phi) is 5.75. The van der Waals surface area contributed by atoms with E-state index < -0.39 is 0 Å². The lowest BCUT2D eigenvalue weighted by Crippen LogP contribution is -1.91. The van der Waals surface area contributed by atoms with Crippen molar-refractivity contribution in [3.8, 4) is 5.75 Å². The van der Waals surface area contributed by atoms with Crippen LogP contribution in [0.1, 0.15) is 50.2 Å². The second kappa shape index (κ2) is 6.85. The summed E-state index contributed by atoms with van der Waals surface area (Å²) in [7, 11) is 0. The maximum Gasteiger partial charge on any atom is 0.129 e. The second-order valence-electron chi connectivity index (χ2n) is 4.38. The number of rotatable bonds is 6. The zero-order chi connectivity index (χ0) is 12.0. The summed E-state index contributed by atoms with van der Waals surface area (Å²) >= 11 is 4.31. The van der Waals surface area contributed by atoms with Crippen LogP contribution in [0, 0.1) is 6.92 Å². The Labute approximate surface area is 104 Å². The van der Waals surface area contributed by atoms with Crippen molar-refractivity contribution in [3.63, 3.8) is 0 Å². The van der Waals surface area contributed by atoms with E-state index in [1.54, 1.807) is 6.07 Å². The molecule has 0 amide bonds. The Morgan fingerprint density at radius 1 is 1.12 bits per heavy atom. The summed E-state index contributed by atoms with van der Waals surface area (Å²) < 4.78 is 0. The van der Waals surface area contributed by atoms with Crippen molar-refractivity contribution in [2.24, 2.45) is 0 Å². The van der Waals surface area contributed by atoms with Gasteiger partial charge in [0.15, 0.2) is 0 Å². The number of hydrogen-bond acceptors (Lipinski definition) is 2. The number of thiol groups is 1. The summed E-state index contributed by atoms with van der Waals surface area (Å²) in [6.07, 6.45) is 7.60. The minimum absolute atomic E-state index is 0.288. The minimum atomic E-state index is 0.288. The first-order chi connectivity index (χ1) is 7.66. The van der Waals surface area contributed by atoms with Gasteiger partial charge in [0.2, 0.25) is 0 Å². The molecule has 0 aliphatic rings. The molecule has 0 unspecified atom stereocenters. The highest BCUT2D eigenvalue weighted by molar-refractivity contribution is 7.80. The predicted octanol–water partition coefficient (Wildman–Crippen LogP) is 4.50. The van der Waals surface area contributed by atoms with Gasteiger partial charge in [-0.15, -0.1) is 12.6 Å². The topological polar surface area (TPSA) is 20.2 Å². The van der Waals surface area contributed by atoms with Gasteiger partial charge in [0.25, 0.3) is 0 Å². The van der Waals surface area contributed by atoms with Gasteiger partial charge in [-0.1, -0.05) is 38.7 Å². The lowest BCUT2D eigenvalue weighted by Gasteiger charge is -2.09. The summed E-state index contributed by atoms with van der Waals surface area (Å²) in [5.74, 6) is 0.288. The summed E-state index contributed by atoms with van der Waals surface area (Å²) in [4.78, 5) is 0.728. The molecule has 0 aliphatic heterocycles. The van der Waals surface area contributed by atoms with Gasteiger partial charge in [-0.05, 0) is 37.0 Å². The Hall–Kier alpha value is -0.630. The first-order valence-corrected chi connectivity index (χ1v) is 6.62. The third kappa shape index (κ3) is 3.75. The van der Waals surface area contributed by atoms with Gasteiger partial charge in [-0.2, -0.15) is 0 Å². The smallest absolute Gasteiger partial charge is 0.129 e. The lowest BCUT2D eigenvalue weighted by atomic mass is 10.0. The molecule has 0 fully saturated rings. The van der Waals surface area contributed by atoms with Crippen LogP contribution in [-0.4, -0.2) is 5.11 Å². The molecule has 0 radical (unpaired) electrons. The molecule has 1 aromatic rings. The van der Waals surface area contributed by atoms with Gasteiger partial charge in [-0.25, -0.2) is 0 Å². The van der Waals surface area contributed by atoms with E-state index in [0.717, 1.165) is 16.9 Å². The Morgan fingerprint density at radius 3 is 2.50 bits per heavy atom. The number of phenolic OH excluding ortho intramolecular Hbond substituents is 1. The van der Waals surface area contributed by atoms with Gasteiger partial charge in [-0.3, -0.25) is 0 Å². The fourth-order valence-corrected chi connectivity index (χ4v) is 2.14. The van der Waals surface area contributed by atoms with E-state index in [1.807, 2.05) is 13.0 Å². The van der Waals surface area contributed by atoms with Gasteiger partial charge in [0.05, 0.1) is 0 Å². The molecule has 1 rings (SSSR count). The zero-order valence-electron chi connectivity index (χ0n) is 10.3. The molecule has 1 nitrogen and oxygen atoms in total. The molecule has 0 aliphatic carbocycles. The van der Waals surface area contributed by atoms with Crippen LogP contribution in [0.3, 0.4) is 0 Å². The molecule has 0 saturated heterocycles. The SMILES string of the molecule is CCCCCCCc1ccc(O)c(S)c1C. The highest BCUT2D eigenvalue weighted by Gasteiger charge is 2.05. The molecule has 0 atom stereocenters. The molecule has 2 heteroatoms. The number of hydrogen-bond donors (Lipinski definition) is 2. The molecule has 0 spiro atoms. The maximum atomic E-state index is 9.49. The number of aryl methyl sites for hydroxylation is 1. The van der Waals surface area contributed by atoms with Crippen LogP contribution < -0.4 is 0 Å². The fourth-order valence-electron chi connectivity index (χ4n) is 1.92. The monoisotopic (exact) mass is 238 g/mol. The highest BCUT2D eigenvalue weighted by Crippen LogP contribution is 2.28. The van der Waals surface area contributed by atoms with Crippen molar-refractivity contribution in [3.05, 3.63) is 23.3 Å². The van der Waals surface area contributed by atoms with Gasteiger partial charge < -0.3 is 5.11 Å². The molecule has 1 aromatic carbocycles. The van der Waals surface area contributed by atoms with E-state index in [4.69, 9.17) is 0 Å². The van der Waals surface area contributed by atoms with Gasteiger partial charge in [0, 0.05) is 4.90 Å². The van der Waals surface area contributed by atoms with Crippen LogP contribution in [0.2, 0.25) is 0 Å². The normalized spacial score (nSPS) is 10.7. The lowest BCUT2D eigenvalue weighted by molar-refractivity contribution is 0.461. The molecule has 0 bridgehead atoms. The average molecular weight is 238 g/mol. The summed E-state index contributed by atoms with van der Waals surface area (Å²) in [6, 6.07) is 3.76. The largest absolute Gasteiger partial charge is 0.507 e. The third-order valence-electron chi connectivity index (χ3n) is 3.07. The first kappa shape index (κ1) is 13.4. The van der Waals surface area contributed by atoms with Crippen molar-refractivity contribution >= 4 is 12.6 Å². The van der Waals surface area contributed by atoms with E-state index in [9.17, 15) is 5.11 Å². The minimum Gasteiger partial charge on any atom is -0.507 e. The number of unbranched alkanes of at least 4 members (excludes halogenated alkanes) is 4. The molecular weight excluding hydrogens is 216 g/mol. The fraction of sp³-hybridized carbons (Fsp3) is 0.571. The van der Waals surface area contributed by atoms with E-state index in [1.165, 1.54) is 37.7 Å². The molecule has 16 heavy (non-hydrogen) atoms. The second-order valence-corrected chi connectivity index (χ2v) is 4.83. The van der Waals surface area contributed by atoms with Crippen LogP contribution in [0.4, 0.5) is 0 Å². The molecule has 90 valence electrons. The number of benzene rings is 1. The van der Waals surface area contributed by atoms with E-state index in [2.05, 4.69) is 19.6 Å². The molecule has 0 saturated carbocycles. The average Bonchev–Trinajstić information content (AvgIpc) is 2.28. The molecule has 1 N–H and O–H groups in total. The molecule has 0 aromatic heterocycles. The highest BCUT2D eigenvalue weighted by atomic mass is 32.1. The van der Waals surface area contributed by atoms with Crippen molar-refractivity contribution in [1.82, 2.24) is 0 Å². The Balaban J connectivity index is 2.45. The number of phenols is 1. The van der Waals surface area contributed by atoms with Gasteiger partial charge in [0.1, 0.15) is 5.75 Å². The molecule has 0 heterocycles. The summed E-state index contributed by atoms with van der Waals surface area (Å²) in [5.41, 5.74) is 2.44. The predicted molar refractivity (Wildman–Crippen MR) is 72.6 cm³/mol. The van der Waals surface area contributed by atoms with Crippen LogP contribution in [-0.2, 0) is 6.42 Å². The summed E-state index contributed by atoms with van der Waals surface area (Å²) in [5, 5.41) is 9.49. The van der Waals surface area contributed by atoms with E-state index in [0.29, 0.717) is 0 Å². The zero-order valence-corrected chi connectivity index (χ0v) is 11.2. The third-order valence-corrected chi connectivity index (χ3v) is 3.64. The van der Waals surface area contributed by atoms with Crippen molar-refractivity contribution in [1.29, 1.82) is 0 Å². The maximum absolute atomic E-state index is 9.49. The number of aromatic hydroxyl groups is 1. The van der Waals surface area contributed by atoms with Crippen molar-refractivity contribution in [2.75, 3.05) is 0 Å². The quantitative estimate of drug-likeness (QED) is 0.552. The van der Waals surface area contributed by atoms with Crippen molar-refractivity contribution in [2.45, 2.75) is 57.3 Å². The first-order valence-electron chi connectivity index (χ1n) is 6.17. The standard InChI is InChI=1S/C14H22OS/c1-3-4-5-6-7-8-12-9-10-13(15)14(16)11(12)2/h9-10,15-16H,3-8H2,1-2H3. The van der Waals surface area contributed by atoms with Crippen LogP contribution in [0.25, 0.3) is 0 Å². The molecular formula is C14H22OS.